The Labute approximate surface area is 81.1 Å². The number of H-pyrrole nitrogens is 1. The third kappa shape index (κ3) is 1.40. The first-order chi connectivity index (χ1) is 6.29. The Morgan fingerprint density at radius 3 is 3.00 bits per heavy atom. The first kappa shape index (κ1) is 8.19. The van der Waals surface area contributed by atoms with E-state index in [4.69, 9.17) is 12.2 Å². The van der Waals surface area contributed by atoms with E-state index in [2.05, 4.69) is 9.97 Å². The second kappa shape index (κ2) is 3.14. The molecule has 0 fully saturated rings. The number of aromatic amines is 1. The van der Waals surface area contributed by atoms with Crippen LogP contribution in [0.5, 0.6) is 0 Å². The molecule has 0 aliphatic rings. The summed E-state index contributed by atoms with van der Waals surface area (Å²) in [7, 11) is 0. The summed E-state index contributed by atoms with van der Waals surface area (Å²) in [4.78, 5) is 7.01. The van der Waals surface area contributed by atoms with Crippen LogP contribution in [0, 0.1) is 11.7 Å². The van der Waals surface area contributed by atoms with Crippen molar-refractivity contribution in [1.82, 2.24) is 14.5 Å². The van der Waals surface area contributed by atoms with E-state index in [0.29, 0.717) is 4.77 Å². The molecule has 3 nitrogen and oxygen atoms in total. The van der Waals surface area contributed by atoms with Crippen molar-refractivity contribution in [2.45, 2.75) is 6.92 Å². The van der Waals surface area contributed by atoms with Crippen LogP contribution >= 0.6 is 12.2 Å². The molecule has 0 aromatic carbocycles. The number of hydrogen-bond donors (Lipinski definition) is 1. The molecular weight excluding hydrogens is 182 g/mol. The van der Waals surface area contributed by atoms with Gasteiger partial charge in [0, 0.05) is 18.6 Å². The van der Waals surface area contributed by atoms with Gasteiger partial charge in [0.1, 0.15) is 0 Å². The average Bonchev–Trinajstić information content (AvgIpc) is 2.52. The van der Waals surface area contributed by atoms with Crippen molar-refractivity contribution in [1.29, 1.82) is 0 Å². The van der Waals surface area contributed by atoms with Crippen molar-refractivity contribution in [3.8, 4) is 5.69 Å². The van der Waals surface area contributed by atoms with Crippen molar-refractivity contribution in [3.05, 3.63) is 41.2 Å². The average molecular weight is 191 g/mol. The van der Waals surface area contributed by atoms with Gasteiger partial charge in [-0.05, 0) is 30.8 Å². The Morgan fingerprint density at radius 2 is 2.38 bits per heavy atom. The normalized spacial score (nSPS) is 10.2. The predicted octanol–water partition coefficient (Wildman–Crippen LogP) is 2.24. The molecule has 66 valence electrons. The second-order valence-electron chi connectivity index (χ2n) is 2.80. The van der Waals surface area contributed by atoms with E-state index < -0.39 is 0 Å². The number of nitrogens with zero attached hydrogens (tertiary/aromatic N) is 2. The van der Waals surface area contributed by atoms with E-state index in [1.165, 1.54) is 0 Å². The summed E-state index contributed by atoms with van der Waals surface area (Å²) in [6.07, 6.45) is 7.29. The van der Waals surface area contributed by atoms with Crippen LogP contribution in [-0.4, -0.2) is 14.5 Å². The minimum absolute atomic E-state index is 0.691. The molecule has 2 aromatic heterocycles. The molecule has 2 rings (SSSR count). The van der Waals surface area contributed by atoms with Crippen LogP contribution in [0.2, 0.25) is 0 Å². The molecule has 0 aliphatic carbocycles. The SMILES string of the molecule is Cc1ccncc1-n1cc[nH]c1=S. The van der Waals surface area contributed by atoms with Gasteiger partial charge >= 0.3 is 0 Å². The fraction of sp³-hybridized carbons (Fsp3) is 0.111. The molecule has 2 aromatic rings. The summed E-state index contributed by atoms with van der Waals surface area (Å²) >= 11 is 5.11. The lowest BCUT2D eigenvalue weighted by atomic mass is 10.2. The lowest BCUT2D eigenvalue weighted by Crippen LogP contribution is -1.95. The van der Waals surface area contributed by atoms with Crippen LogP contribution in [0.25, 0.3) is 5.69 Å². The maximum atomic E-state index is 5.11. The van der Waals surface area contributed by atoms with Crippen molar-refractivity contribution in [3.63, 3.8) is 0 Å². The summed E-state index contributed by atoms with van der Waals surface area (Å²) in [5, 5.41) is 0. The number of hydrogen-bond acceptors (Lipinski definition) is 2. The molecule has 0 spiro atoms. The van der Waals surface area contributed by atoms with Gasteiger partial charge in [0.2, 0.25) is 0 Å². The summed E-state index contributed by atoms with van der Waals surface area (Å²) in [6.45, 7) is 2.03. The Balaban J connectivity index is 2.66. The summed E-state index contributed by atoms with van der Waals surface area (Å²) < 4.78 is 2.59. The summed E-state index contributed by atoms with van der Waals surface area (Å²) in [5.41, 5.74) is 2.18. The van der Waals surface area contributed by atoms with Crippen LogP contribution in [0.4, 0.5) is 0 Å². The quantitative estimate of drug-likeness (QED) is 0.701. The van der Waals surface area contributed by atoms with Crippen LogP contribution < -0.4 is 0 Å². The van der Waals surface area contributed by atoms with Crippen molar-refractivity contribution >= 4 is 12.2 Å². The first-order valence-corrected chi connectivity index (χ1v) is 4.37. The van der Waals surface area contributed by atoms with Gasteiger partial charge in [0.05, 0.1) is 11.9 Å². The number of imidazole rings is 1. The van der Waals surface area contributed by atoms with Crippen molar-refractivity contribution < 1.29 is 0 Å². The molecule has 13 heavy (non-hydrogen) atoms. The van der Waals surface area contributed by atoms with Gasteiger partial charge in [0.25, 0.3) is 0 Å². The molecule has 0 radical (unpaired) electrons. The van der Waals surface area contributed by atoms with Gasteiger partial charge in [-0.25, -0.2) is 0 Å². The number of pyridine rings is 1. The molecule has 1 N–H and O–H groups in total. The monoisotopic (exact) mass is 191 g/mol. The highest BCUT2D eigenvalue weighted by Gasteiger charge is 2.00. The van der Waals surface area contributed by atoms with Crippen LogP contribution in [0.1, 0.15) is 5.56 Å². The van der Waals surface area contributed by atoms with E-state index in [1.54, 1.807) is 12.4 Å². The first-order valence-electron chi connectivity index (χ1n) is 3.96. The topological polar surface area (TPSA) is 33.6 Å². The summed E-state index contributed by atoms with van der Waals surface area (Å²) in [6, 6.07) is 1.96. The highest BCUT2D eigenvalue weighted by Crippen LogP contribution is 2.11. The Kier molecular flexibility index (Phi) is 1.98. The zero-order valence-corrected chi connectivity index (χ0v) is 8.01. The second-order valence-corrected chi connectivity index (χ2v) is 3.18. The molecular formula is C9H9N3S. The highest BCUT2D eigenvalue weighted by atomic mass is 32.1. The van der Waals surface area contributed by atoms with Gasteiger partial charge in [-0.15, -0.1) is 0 Å². The lowest BCUT2D eigenvalue weighted by Gasteiger charge is -2.04. The van der Waals surface area contributed by atoms with Crippen LogP contribution in [-0.2, 0) is 0 Å². The molecule has 0 aliphatic heterocycles. The van der Waals surface area contributed by atoms with Crippen LogP contribution in [0.15, 0.2) is 30.9 Å². The minimum atomic E-state index is 0.691. The standard InChI is InChI=1S/C9H9N3S/c1-7-2-3-10-6-8(7)12-5-4-11-9(12)13/h2-6H,1H3,(H,11,13). The van der Waals surface area contributed by atoms with Crippen molar-refractivity contribution in [2.24, 2.45) is 0 Å². The summed E-state index contributed by atoms with van der Waals surface area (Å²) in [5.74, 6) is 0. The Hall–Kier alpha value is -1.42. The zero-order chi connectivity index (χ0) is 9.26. The Morgan fingerprint density at radius 1 is 1.54 bits per heavy atom. The zero-order valence-electron chi connectivity index (χ0n) is 7.19. The van der Waals surface area contributed by atoms with E-state index in [1.807, 2.05) is 30.0 Å². The van der Waals surface area contributed by atoms with E-state index >= 15 is 0 Å². The van der Waals surface area contributed by atoms with E-state index in [9.17, 15) is 0 Å². The fourth-order valence-electron chi connectivity index (χ4n) is 1.22. The van der Waals surface area contributed by atoms with E-state index in [-0.39, 0.29) is 0 Å². The number of aromatic nitrogens is 3. The van der Waals surface area contributed by atoms with Crippen molar-refractivity contribution in [2.75, 3.05) is 0 Å². The van der Waals surface area contributed by atoms with Gasteiger partial charge in [0.15, 0.2) is 4.77 Å². The van der Waals surface area contributed by atoms with Gasteiger partial charge in [-0.1, -0.05) is 0 Å². The maximum Gasteiger partial charge on any atom is 0.181 e. The number of rotatable bonds is 1. The molecule has 0 unspecified atom stereocenters. The smallest absolute Gasteiger partial charge is 0.181 e. The predicted molar refractivity (Wildman–Crippen MR) is 53.5 cm³/mol. The Bertz CT molecular complexity index is 469. The molecule has 0 saturated carbocycles. The molecule has 0 atom stereocenters. The van der Waals surface area contributed by atoms with Gasteiger partial charge in [-0.3, -0.25) is 9.55 Å². The molecule has 0 bridgehead atoms. The molecule has 4 heteroatoms. The highest BCUT2D eigenvalue weighted by molar-refractivity contribution is 7.71. The van der Waals surface area contributed by atoms with E-state index in [0.717, 1.165) is 11.3 Å². The molecule has 0 amide bonds. The van der Waals surface area contributed by atoms with Crippen LogP contribution in [0.3, 0.4) is 0 Å². The largest absolute Gasteiger partial charge is 0.337 e. The number of aryl methyl sites for hydroxylation is 1. The lowest BCUT2D eigenvalue weighted by molar-refractivity contribution is 1.00. The number of nitrogens with one attached hydrogen (secondary N) is 1. The third-order valence-corrected chi connectivity index (χ3v) is 2.23. The molecule has 2 heterocycles. The van der Waals surface area contributed by atoms with Gasteiger partial charge in [-0.2, -0.15) is 0 Å². The van der Waals surface area contributed by atoms with Gasteiger partial charge < -0.3 is 4.98 Å². The molecule has 0 saturated heterocycles. The third-order valence-electron chi connectivity index (χ3n) is 1.92. The fourth-order valence-corrected chi connectivity index (χ4v) is 1.45. The maximum absolute atomic E-state index is 5.11. The minimum Gasteiger partial charge on any atom is -0.337 e.